The third-order valence-corrected chi connectivity index (χ3v) is 2.79. The van der Waals surface area contributed by atoms with Gasteiger partial charge in [0.2, 0.25) is 0 Å². The van der Waals surface area contributed by atoms with Crippen molar-refractivity contribution in [3.8, 4) is 0 Å². The monoisotopic (exact) mass is 227 g/mol. The molecular weight excluding hydrogens is 211 g/mol. The molecule has 0 saturated carbocycles. The van der Waals surface area contributed by atoms with Gasteiger partial charge in [0.15, 0.2) is 0 Å². The van der Waals surface area contributed by atoms with Crippen molar-refractivity contribution in [1.29, 1.82) is 0 Å². The van der Waals surface area contributed by atoms with Gasteiger partial charge >= 0.3 is 7.66 Å². The number of halogens is 2. The Labute approximate surface area is 86.5 Å². The van der Waals surface area contributed by atoms with E-state index in [1.165, 1.54) is 32.1 Å². The van der Waals surface area contributed by atoms with Crippen LogP contribution in [0.5, 0.6) is 0 Å². The summed E-state index contributed by atoms with van der Waals surface area (Å²) in [5.74, 6) is 0. The minimum atomic E-state index is -1.49. The fraction of sp³-hybridized carbons (Fsp3) is 1.00. The molecule has 0 rings (SSSR count). The summed E-state index contributed by atoms with van der Waals surface area (Å²) < 4.78 is 5.08. The molecule has 0 aliphatic rings. The quantitative estimate of drug-likeness (QED) is 0.348. The van der Waals surface area contributed by atoms with Crippen LogP contribution < -0.4 is 0 Å². The first-order valence-corrected chi connectivity index (χ1v) is 8.01. The molecule has 0 amide bonds. The van der Waals surface area contributed by atoms with E-state index in [0.717, 1.165) is 13.0 Å². The van der Waals surface area contributed by atoms with Gasteiger partial charge in [-0.05, 0) is 6.42 Å². The van der Waals surface area contributed by atoms with Crippen molar-refractivity contribution >= 4 is 29.8 Å². The first-order chi connectivity index (χ1) is 5.77. The Kier molecular flexibility index (Phi) is 10.5. The molecule has 0 unspecified atom stereocenters. The van der Waals surface area contributed by atoms with Gasteiger partial charge in [0.05, 0.1) is 0 Å². The minimum absolute atomic E-state index is 0.730. The van der Waals surface area contributed by atoms with Crippen LogP contribution in [0.2, 0.25) is 0 Å². The Morgan fingerprint density at radius 2 is 1.58 bits per heavy atom. The van der Waals surface area contributed by atoms with E-state index in [0.29, 0.717) is 0 Å². The SMILES string of the molecule is CCCCCCCCO[Si](Cl)Cl. The van der Waals surface area contributed by atoms with E-state index >= 15 is 0 Å². The zero-order valence-corrected chi connectivity index (χ0v) is 10.1. The molecule has 1 radical (unpaired) electrons. The largest absolute Gasteiger partial charge is 0.438 e. The first kappa shape index (κ1) is 12.8. The summed E-state index contributed by atoms with van der Waals surface area (Å²) in [7, 11) is -1.49. The summed E-state index contributed by atoms with van der Waals surface area (Å²) in [6, 6.07) is 0. The standard InChI is InChI=1S/C8H17Cl2OSi/c1-2-3-4-5-6-7-8-11-12(9)10/h2-8H2,1H3. The van der Waals surface area contributed by atoms with Crippen LogP contribution in [0.1, 0.15) is 45.4 Å². The number of unbranched alkanes of at least 4 members (excludes halogenated alkanes) is 5. The molecule has 0 spiro atoms. The van der Waals surface area contributed by atoms with Crippen molar-refractivity contribution < 1.29 is 4.43 Å². The van der Waals surface area contributed by atoms with Gasteiger partial charge in [-0.15, -0.1) is 22.2 Å². The first-order valence-electron chi connectivity index (χ1n) is 4.58. The minimum Gasteiger partial charge on any atom is -0.391 e. The summed E-state index contributed by atoms with van der Waals surface area (Å²) in [5.41, 5.74) is 0. The van der Waals surface area contributed by atoms with E-state index in [9.17, 15) is 0 Å². The lowest BCUT2D eigenvalue weighted by molar-refractivity contribution is 0.324. The van der Waals surface area contributed by atoms with E-state index in [1.807, 2.05) is 0 Å². The van der Waals surface area contributed by atoms with Crippen LogP contribution in [0.4, 0.5) is 0 Å². The van der Waals surface area contributed by atoms with Gasteiger partial charge in [-0.25, -0.2) is 0 Å². The smallest absolute Gasteiger partial charge is 0.391 e. The third-order valence-electron chi connectivity index (χ3n) is 1.71. The number of rotatable bonds is 8. The Hall–Kier alpha value is 0.757. The highest BCUT2D eigenvalue weighted by Gasteiger charge is 2.02. The van der Waals surface area contributed by atoms with Crippen LogP contribution >= 0.6 is 22.2 Å². The molecule has 0 aromatic carbocycles. The van der Waals surface area contributed by atoms with Gasteiger partial charge < -0.3 is 4.43 Å². The fourth-order valence-electron chi connectivity index (χ4n) is 1.03. The Balaban J connectivity index is 2.82. The Bertz CT molecular complexity index is 91.1. The van der Waals surface area contributed by atoms with E-state index in [4.69, 9.17) is 26.6 Å². The zero-order chi connectivity index (χ0) is 9.23. The number of hydrogen-bond acceptors (Lipinski definition) is 1. The van der Waals surface area contributed by atoms with Gasteiger partial charge in [0.1, 0.15) is 0 Å². The molecule has 0 bridgehead atoms. The maximum atomic E-state index is 5.49. The lowest BCUT2D eigenvalue weighted by Crippen LogP contribution is -2.03. The molecule has 4 heteroatoms. The predicted molar refractivity (Wildman–Crippen MR) is 56.8 cm³/mol. The highest BCUT2D eigenvalue weighted by Crippen LogP contribution is 2.06. The highest BCUT2D eigenvalue weighted by atomic mass is 35.7. The maximum absolute atomic E-state index is 5.49. The van der Waals surface area contributed by atoms with E-state index in [2.05, 4.69) is 6.92 Å². The van der Waals surface area contributed by atoms with Crippen LogP contribution in [0.25, 0.3) is 0 Å². The van der Waals surface area contributed by atoms with Crippen molar-refractivity contribution in [2.24, 2.45) is 0 Å². The second kappa shape index (κ2) is 9.84. The topological polar surface area (TPSA) is 9.23 Å². The van der Waals surface area contributed by atoms with Gasteiger partial charge in [0, 0.05) is 6.61 Å². The Morgan fingerprint density at radius 3 is 2.17 bits per heavy atom. The zero-order valence-electron chi connectivity index (χ0n) is 7.61. The molecule has 0 aliphatic carbocycles. The molecule has 0 atom stereocenters. The summed E-state index contributed by atoms with van der Waals surface area (Å²) in [5, 5.41) is 0. The molecule has 0 aromatic rings. The predicted octanol–water partition coefficient (Wildman–Crippen LogP) is 3.83. The summed E-state index contributed by atoms with van der Waals surface area (Å²) in [6.45, 7) is 2.95. The van der Waals surface area contributed by atoms with Crippen molar-refractivity contribution in [2.75, 3.05) is 6.61 Å². The molecule has 0 aromatic heterocycles. The second-order valence-electron chi connectivity index (χ2n) is 2.84. The molecule has 0 aliphatic heterocycles. The van der Waals surface area contributed by atoms with Crippen LogP contribution in [-0.2, 0) is 4.43 Å². The van der Waals surface area contributed by atoms with Crippen molar-refractivity contribution in [1.82, 2.24) is 0 Å². The van der Waals surface area contributed by atoms with Gasteiger partial charge in [0.25, 0.3) is 0 Å². The molecule has 0 N–H and O–H groups in total. The molecule has 0 heterocycles. The second-order valence-corrected chi connectivity index (χ2v) is 6.22. The highest BCUT2D eigenvalue weighted by molar-refractivity contribution is 7.30. The van der Waals surface area contributed by atoms with E-state index in [1.54, 1.807) is 0 Å². The molecular formula is C8H17Cl2OSi. The van der Waals surface area contributed by atoms with Gasteiger partial charge in [-0.1, -0.05) is 39.0 Å². The van der Waals surface area contributed by atoms with Gasteiger partial charge in [-0.3, -0.25) is 0 Å². The summed E-state index contributed by atoms with van der Waals surface area (Å²) >= 11 is 11.0. The van der Waals surface area contributed by atoms with Crippen molar-refractivity contribution in [3.05, 3.63) is 0 Å². The van der Waals surface area contributed by atoms with Gasteiger partial charge in [-0.2, -0.15) is 0 Å². The Morgan fingerprint density at radius 1 is 1.00 bits per heavy atom. The molecule has 1 nitrogen and oxygen atoms in total. The molecule has 0 saturated heterocycles. The molecule has 73 valence electrons. The summed E-state index contributed by atoms with van der Waals surface area (Å²) in [4.78, 5) is 0. The normalized spacial score (nSPS) is 11.0. The van der Waals surface area contributed by atoms with Crippen molar-refractivity contribution in [3.63, 3.8) is 0 Å². The molecule has 12 heavy (non-hydrogen) atoms. The summed E-state index contributed by atoms with van der Waals surface area (Å²) in [6.07, 6.45) is 7.63. The van der Waals surface area contributed by atoms with Crippen LogP contribution in [0.3, 0.4) is 0 Å². The lowest BCUT2D eigenvalue weighted by Gasteiger charge is -2.01. The van der Waals surface area contributed by atoms with Crippen LogP contribution in [-0.4, -0.2) is 14.3 Å². The third kappa shape index (κ3) is 10.8. The average molecular weight is 228 g/mol. The van der Waals surface area contributed by atoms with Crippen LogP contribution in [0, 0.1) is 0 Å². The maximum Gasteiger partial charge on any atom is 0.438 e. The lowest BCUT2D eigenvalue weighted by atomic mass is 10.1. The van der Waals surface area contributed by atoms with Crippen LogP contribution in [0.15, 0.2) is 0 Å². The fourth-order valence-corrected chi connectivity index (χ4v) is 1.79. The molecule has 0 fully saturated rings. The average Bonchev–Trinajstić information content (AvgIpc) is 2.02. The van der Waals surface area contributed by atoms with E-state index in [-0.39, 0.29) is 0 Å². The van der Waals surface area contributed by atoms with Crippen molar-refractivity contribution in [2.45, 2.75) is 45.4 Å². The van der Waals surface area contributed by atoms with E-state index < -0.39 is 7.66 Å². The number of hydrogen-bond donors (Lipinski definition) is 0.